The lowest BCUT2D eigenvalue weighted by atomic mass is 9.89. The number of hydrogen-bond donors (Lipinski definition) is 2. The molecule has 0 bridgehead atoms. The van der Waals surface area contributed by atoms with Gasteiger partial charge in [-0.25, -0.2) is 0 Å². The van der Waals surface area contributed by atoms with Crippen molar-refractivity contribution < 1.29 is 9.53 Å². The molecule has 2 unspecified atom stereocenters. The highest BCUT2D eigenvalue weighted by Gasteiger charge is 2.50. The molecule has 5 nitrogen and oxygen atoms in total. The number of rotatable bonds is 5. The summed E-state index contributed by atoms with van der Waals surface area (Å²) in [5.74, 6) is 1.73. The molecule has 2 fully saturated rings. The molecule has 2 aliphatic heterocycles. The van der Waals surface area contributed by atoms with E-state index in [1.54, 1.807) is 7.11 Å². The minimum Gasteiger partial charge on any atom is -0.496 e. The third-order valence-corrected chi connectivity index (χ3v) is 7.12. The number of carbonyl (C=O) groups excluding carboxylic acids is 1. The summed E-state index contributed by atoms with van der Waals surface area (Å²) in [5, 5.41) is 7.57. The Balaban J connectivity index is 1.38. The molecule has 1 saturated heterocycles. The molecule has 0 radical (unpaired) electrons. The fourth-order valence-corrected chi connectivity index (χ4v) is 5.27. The quantitative estimate of drug-likeness (QED) is 0.796. The highest BCUT2D eigenvalue weighted by Crippen LogP contribution is 2.56. The summed E-state index contributed by atoms with van der Waals surface area (Å²) < 4.78 is 5.75. The van der Waals surface area contributed by atoms with Crippen LogP contribution in [0, 0.1) is 5.92 Å². The van der Waals surface area contributed by atoms with Gasteiger partial charge in [0.25, 0.3) is 0 Å². The highest BCUT2D eigenvalue weighted by atomic mass is 16.5. The van der Waals surface area contributed by atoms with Gasteiger partial charge in [0.2, 0.25) is 5.91 Å². The first kappa shape index (κ1) is 19.6. The first-order chi connectivity index (χ1) is 14.6. The first-order valence-corrected chi connectivity index (χ1v) is 11.1. The van der Waals surface area contributed by atoms with E-state index in [0.29, 0.717) is 18.0 Å². The molecule has 0 spiro atoms. The fraction of sp³-hybridized carbons (Fsp3) is 0.480. The van der Waals surface area contributed by atoms with E-state index in [4.69, 9.17) is 4.74 Å². The summed E-state index contributed by atoms with van der Waals surface area (Å²) in [6.07, 6.45) is 3.26. The molecule has 2 N–H and O–H groups in total. The monoisotopic (exact) mass is 405 g/mol. The van der Waals surface area contributed by atoms with Crippen LogP contribution in [0.4, 0.5) is 5.69 Å². The minimum atomic E-state index is 0.179. The van der Waals surface area contributed by atoms with E-state index < -0.39 is 0 Å². The second-order valence-electron chi connectivity index (χ2n) is 9.09. The van der Waals surface area contributed by atoms with Crippen LogP contribution < -0.4 is 20.3 Å². The van der Waals surface area contributed by atoms with E-state index in [9.17, 15) is 4.79 Å². The smallest absolute Gasteiger partial charge is 0.230 e. The molecular formula is C25H31N3O2. The second kappa shape index (κ2) is 7.71. The number of nitrogens with one attached hydrogen (secondary N) is 2. The van der Waals surface area contributed by atoms with Crippen molar-refractivity contribution in [2.75, 3.05) is 19.1 Å². The van der Waals surface area contributed by atoms with Gasteiger partial charge >= 0.3 is 0 Å². The van der Waals surface area contributed by atoms with Crippen molar-refractivity contribution >= 4 is 11.6 Å². The van der Waals surface area contributed by atoms with Gasteiger partial charge in [0, 0.05) is 48.9 Å². The Hall–Kier alpha value is -2.37. The van der Waals surface area contributed by atoms with Crippen LogP contribution in [0.1, 0.15) is 54.8 Å². The lowest BCUT2D eigenvalue weighted by Gasteiger charge is -2.37. The van der Waals surface area contributed by atoms with Crippen LogP contribution in [-0.4, -0.2) is 32.1 Å². The Morgan fingerprint density at radius 2 is 1.97 bits per heavy atom. The maximum atomic E-state index is 12.5. The average molecular weight is 406 g/mol. The molecule has 5 rings (SSSR count). The number of fused-ring (bicyclic) bond motifs is 3. The third kappa shape index (κ3) is 3.40. The first-order valence-electron chi connectivity index (χ1n) is 11.1. The SMILES string of the molecule is COc1cc2c(cc1CN[C@H]1CC[C@H](C)N[C@H]1c1ccccc1)N(C)C(=O)C1CC21. The fourth-order valence-electron chi connectivity index (χ4n) is 5.27. The molecule has 2 aromatic carbocycles. The molecular weight excluding hydrogens is 374 g/mol. The van der Waals surface area contributed by atoms with Crippen LogP contribution in [0.5, 0.6) is 5.75 Å². The number of nitrogens with zero attached hydrogens (tertiary/aromatic N) is 1. The van der Waals surface area contributed by atoms with E-state index in [-0.39, 0.29) is 17.9 Å². The molecule has 0 aromatic heterocycles. The van der Waals surface area contributed by atoms with E-state index in [1.165, 1.54) is 11.1 Å². The molecule has 3 aliphatic rings. The van der Waals surface area contributed by atoms with Gasteiger partial charge in [-0.3, -0.25) is 4.79 Å². The normalized spacial score (nSPS) is 29.9. The number of benzene rings is 2. The van der Waals surface area contributed by atoms with Crippen LogP contribution in [0.2, 0.25) is 0 Å². The largest absolute Gasteiger partial charge is 0.496 e. The van der Waals surface area contributed by atoms with Crippen molar-refractivity contribution in [3.63, 3.8) is 0 Å². The predicted molar refractivity (Wildman–Crippen MR) is 119 cm³/mol. The standard InChI is InChI=1S/C25H31N3O2/c1-15-9-10-21(24(27-15)16-7-5-4-6-8-16)26-14-17-11-22-19(13-23(17)30-3)18-12-20(18)25(29)28(22)2/h4-8,11,13,15,18,20-21,24,26-27H,9-10,12,14H2,1-3H3/t15-,18?,20?,21-,24-/m0/s1. The van der Waals surface area contributed by atoms with Crippen LogP contribution in [0.25, 0.3) is 0 Å². The van der Waals surface area contributed by atoms with Crippen molar-refractivity contribution in [1.82, 2.24) is 10.6 Å². The molecule has 2 aromatic rings. The molecule has 30 heavy (non-hydrogen) atoms. The van der Waals surface area contributed by atoms with Gasteiger partial charge in [0.1, 0.15) is 5.75 Å². The van der Waals surface area contributed by atoms with Gasteiger partial charge in [-0.05, 0) is 55.4 Å². The zero-order valence-electron chi connectivity index (χ0n) is 18.0. The van der Waals surface area contributed by atoms with E-state index >= 15 is 0 Å². The number of amides is 1. The van der Waals surface area contributed by atoms with Crippen molar-refractivity contribution in [3.05, 3.63) is 59.2 Å². The number of anilines is 1. The van der Waals surface area contributed by atoms with Gasteiger partial charge in [0.15, 0.2) is 0 Å². The highest BCUT2D eigenvalue weighted by molar-refractivity contribution is 6.01. The summed E-state index contributed by atoms with van der Waals surface area (Å²) >= 11 is 0. The molecule has 1 amide bonds. The Bertz CT molecular complexity index is 945. The Morgan fingerprint density at radius 1 is 1.17 bits per heavy atom. The van der Waals surface area contributed by atoms with Gasteiger partial charge in [0.05, 0.1) is 7.11 Å². The van der Waals surface area contributed by atoms with Crippen LogP contribution in [0.3, 0.4) is 0 Å². The van der Waals surface area contributed by atoms with Crippen LogP contribution in [0.15, 0.2) is 42.5 Å². The summed E-state index contributed by atoms with van der Waals surface area (Å²) in [4.78, 5) is 14.3. The summed E-state index contributed by atoms with van der Waals surface area (Å²) in [5.41, 5.74) is 4.74. The molecule has 1 aliphatic carbocycles. The maximum Gasteiger partial charge on any atom is 0.230 e. The molecule has 1 saturated carbocycles. The molecule has 158 valence electrons. The molecule has 5 atom stereocenters. The van der Waals surface area contributed by atoms with Crippen molar-refractivity contribution in [2.45, 2.75) is 56.8 Å². The van der Waals surface area contributed by atoms with E-state index in [2.05, 4.69) is 60.0 Å². The van der Waals surface area contributed by atoms with E-state index in [1.807, 2.05) is 11.9 Å². The second-order valence-corrected chi connectivity index (χ2v) is 9.09. The zero-order chi connectivity index (χ0) is 20.8. The summed E-state index contributed by atoms with van der Waals surface area (Å²) in [6.45, 7) is 2.98. The van der Waals surface area contributed by atoms with Crippen molar-refractivity contribution in [3.8, 4) is 5.75 Å². The molecule has 2 heterocycles. The van der Waals surface area contributed by atoms with Gasteiger partial charge < -0.3 is 20.3 Å². The van der Waals surface area contributed by atoms with Crippen LogP contribution >= 0.6 is 0 Å². The summed E-state index contributed by atoms with van der Waals surface area (Å²) in [6, 6.07) is 16.2. The van der Waals surface area contributed by atoms with Crippen molar-refractivity contribution in [1.29, 1.82) is 0 Å². The maximum absolute atomic E-state index is 12.5. The van der Waals surface area contributed by atoms with Gasteiger partial charge in [-0.1, -0.05) is 30.3 Å². The van der Waals surface area contributed by atoms with Crippen LogP contribution in [-0.2, 0) is 11.3 Å². The lowest BCUT2D eigenvalue weighted by Crippen LogP contribution is -2.49. The number of ether oxygens (including phenoxy) is 1. The third-order valence-electron chi connectivity index (χ3n) is 7.12. The number of methoxy groups -OCH3 is 1. The zero-order valence-corrected chi connectivity index (χ0v) is 18.0. The molecule has 5 heteroatoms. The Kier molecular flexibility index (Phi) is 5.03. The number of carbonyl (C=O) groups is 1. The Morgan fingerprint density at radius 3 is 2.73 bits per heavy atom. The van der Waals surface area contributed by atoms with Gasteiger partial charge in [-0.2, -0.15) is 0 Å². The number of piperidine rings is 1. The van der Waals surface area contributed by atoms with Crippen molar-refractivity contribution in [2.24, 2.45) is 5.92 Å². The lowest BCUT2D eigenvalue weighted by molar-refractivity contribution is -0.119. The van der Waals surface area contributed by atoms with Gasteiger partial charge in [-0.15, -0.1) is 0 Å². The average Bonchev–Trinajstić information content (AvgIpc) is 3.58. The Labute approximate surface area is 178 Å². The van der Waals surface area contributed by atoms with E-state index in [0.717, 1.165) is 42.8 Å². The topological polar surface area (TPSA) is 53.6 Å². The predicted octanol–water partition coefficient (Wildman–Crippen LogP) is 3.75. The minimum absolute atomic E-state index is 0.179. The number of hydrogen-bond acceptors (Lipinski definition) is 4. The summed E-state index contributed by atoms with van der Waals surface area (Å²) in [7, 11) is 3.64.